The van der Waals surface area contributed by atoms with Crippen LogP contribution in [-0.4, -0.2) is 59.1 Å². The number of piperidine rings is 1. The van der Waals surface area contributed by atoms with Gasteiger partial charge in [-0.25, -0.2) is 0 Å². The molecule has 3 N–H and O–H groups in total. The monoisotopic (exact) mass is 493 g/mol. The van der Waals surface area contributed by atoms with Crippen molar-refractivity contribution >= 4 is 51.9 Å². The first-order chi connectivity index (χ1) is 16.9. The van der Waals surface area contributed by atoms with Crippen molar-refractivity contribution in [2.45, 2.75) is 30.9 Å². The van der Waals surface area contributed by atoms with Crippen molar-refractivity contribution in [2.75, 3.05) is 30.8 Å². The van der Waals surface area contributed by atoms with Gasteiger partial charge >= 0.3 is 0 Å². The molecule has 10 heteroatoms. The lowest BCUT2D eigenvalue weighted by Gasteiger charge is -2.27. The van der Waals surface area contributed by atoms with Crippen LogP contribution >= 0.6 is 11.8 Å². The fraction of sp³-hybridized carbons (Fsp3) is 0.320. The zero-order chi connectivity index (χ0) is 24.8. The number of hydrogen-bond acceptors (Lipinski definition) is 6. The van der Waals surface area contributed by atoms with Crippen LogP contribution in [0.25, 0.3) is 0 Å². The molecule has 0 aromatic heterocycles. The Bertz CT molecular complexity index is 1140. The van der Waals surface area contributed by atoms with Gasteiger partial charge in [-0.15, -0.1) is 0 Å². The minimum atomic E-state index is -0.508. The van der Waals surface area contributed by atoms with E-state index in [0.717, 1.165) is 31.1 Å². The normalized spacial score (nSPS) is 17.5. The number of carbonyl (C=O) groups excluding carboxylic acids is 4. The zero-order valence-electron chi connectivity index (χ0n) is 19.4. The lowest BCUT2D eigenvalue weighted by molar-refractivity contribution is -0.121. The summed E-state index contributed by atoms with van der Waals surface area (Å²) in [6.07, 6.45) is 3.42. The minimum absolute atomic E-state index is 0.0403. The van der Waals surface area contributed by atoms with Crippen molar-refractivity contribution in [1.82, 2.24) is 10.2 Å². The van der Waals surface area contributed by atoms with E-state index in [1.165, 1.54) is 18.2 Å². The SMILES string of the molecule is CNC(=O)c1ccc(NC(=O)c2ccc(NC(=O)CC3SC(N4CCCCC4)=NC3=O)cc2)cc1. The Labute approximate surface area is 207 Å². The molecule has 4 rings (SSSR count). The van der Waals surface area contributed by atoms with Crippen LogP contribution in [0.2, 0.25) is 0 Å². The first kappa shape index (κ1) is 24.5. The number of hydrogen-bond donors (Lipinski definition) is 3. The van der Waals surface area contributed by atoms with Crippen LogP contribution in [0, 0.1) is 0 Å². The summed E-state index contributed by atoms with van der Waals surface area (Å²) in [6.45, 7) is 1.80. The van der Waals surface area contributed by atoms with Crippen molar-refractivity contribution < 1.29 is 19.2 Å². The largest absolute Gasteiger partial charge is 0.355 e. The maximum absolute atomic E-state index is 12.5. The molecule has 2 aliphatic rings. The molecule has 4 amide bonds. The van der Waals surface area contributed by atoms with Crippen LogP contribution in [0.5, 0.6) is 0 Å². The lowest BCUT2D eigenvalue weighted by atomic mass is 10.1. The zero-order valence-corrected chi connectivity index (χ0v) is 20.2. The van der Waals surface area contributed by atoms with Gasteiger partial charge in [-0.1, -0.05) is 11.8 Å². The summed E-state index contributed by atoms with van der Waals surface area (Å²) in [4.78, 5) is 55.2. The number of nitrogens with one attached hydrogen (secondary N) is 3. The highest BCUT2D eigenvalue weighted by Crippen LogP contribution is 2.29. The molecule has 182 valence electrons. The smallest absolute Gasteiger partial charge is 0.262 e. The van der Waals surface area contributed by atoms with Gasteiger partial charge in [0.2, 0.25) is 5.91 Å². The predicted octanol–water partition coefficient (Wildman–Crippen LogP) is 3.11. The van der Waals surface area contributed by atoms with E-state index in [9.17, 15) is 19.2 Å². The van der Waals surface area contributed by atoms with Crippen molar-refractivity contribution in [2.24, 2.45) is 4.99 Å². The summed E-state index contributed by atoms with van der Waals surface area (Å²) in [5.74, 6) is -1.06. The van der Waals surface area contributed by atoms with Gasteiger partial charge in [0, 0.05) is 49.1 Å². The Balaban J connectivity index is 1.27. The highest BCUT2D eigenvalue weighted by Gasteiger charge is 2.33. The molecule has 2 aromatic rings. The number of amidine groups is 1. The number of thioether (sulfide) groups is 1. The Morgan fingerprint density at radius 2 is 1.46 bits per heavy atom. The van der Waals surface area contributed by atoms with Crippen LogP contribution in [0.15, 0.2) is 53.5 Å². The fourth-order valence-electron chi connectivity index (χ4n) is 3.87. The van der Waals surface area contributed by atoms with Gasteiger partial charge in [0.05, 0.1) is 0 Å². The maximum Gasteiger partial charge on any atom is 0.262 e. The Kier molecular flexibility index (Phi) is 7.81. The summed E-state index contributed by atoms with van der Waals surface area (Å²) in [6, 6.07) is 13.1. The number of aliphatic imine (C=N–C) groups is 1. The van der Waals surface area contributed by atoms with Crippen molar-refractivity contribution in [1.29, 1.82) is 0 Å². The standard InChI is InChI=1S/C25H27N5O4S/c1-26-22(32)16-5-11-19(12-6-16)28-23(33)17-7-9-18(10-8-17)27-21(31)15-20-24(34)29-25(35-20)30-13-3-2-4-14-30/h5-12,20H,2-4,13-15H2,1H3,(H,26,32)(H,27,31)(H,28,33). The lowest BCUT2D eigenvalue weighted by Crippen LogP contribution is -2.33. The molecule has 0 spiro atoms. The molecule has 1 fully saturated rings. The van der Waals surface area contributed by atoms with E-state index < -0.39 is 5.25 Å². The molecule has 1 saturated heterocycles. The number of benzene rings is 2. The highest BCUT2D eigenvalue weighted by atomic mass is 32.2. The van der Waals surface area contributed by atoms with Gasteiger partial charge in [0.1, 0.15) is 5.25 Å². The molecule has 0 bridgehead atoms. The molecule has 0 saturated carbocycles. The number of amides is 4. The topological polar surface area (TPSA) is 120 Å². The molecule has 35 heavy (non-hydrogen) atoms. The van der Waals surface area contributed by atoms with Gasteiger partial charge < -0.3 is 20.9 Å². The second kappa shape index (κ2) is 11.2. The number of likely N-dealkylation sites (tertiary alicyclic amines) is 1. The summed E-state index contributed by atoms with van der Waals surface area (Å²) < 4.78 is 0. The predicted molar refractivity (Wildman–Crippen MR) is 137 cm³/mol. The third kappa shape index (κ3) is 6.27. The van der Waals surface area contributed by atoms with E-state index in [1.54, 1.807) is 55.6 Å². The van der Waals surface area contributed by atoms with E-state index in [2.05, 4.69) is 25.8 Å². The molecule has 1 unspecified atom stereocenters. The van der Waals surface area contributed by atoms with Gasteiger partial charge in [0.25, 0.3) is 17.7 Å². The van der Waals surface area contributed by atoms with E-state index in [0.29, 0.717) is 22.5 Å². The van der Waals surface area contributed by atoms with Crippen LogP contribution in [-0.2, 0) is 9.59 Å². The molecule has 2 aliphatic heterocycles. The van der Waals surface area contributed by atoms with E-state index >= 15 is 0 Å². The highest BCUT2D eigenvalue weighted by molar-refractivity contribution is 8.15. The van der Waals surface area contributed by atoms with Crippen molar-refractivity contribution in [3.05, 3.63) is 59.7 Å². The average molecular weight is 494 g/mol. The van der Waals surface area contributed by atoms with Crippen molar-refractivity contribution in [3.8, 4) is 0 Å². The quantitative estimate of drug-likeness (QED) is 0.569. The van der Waals surface area contributed by atoms with Gasteiger partial charge in [0.15, 0.2) is 5.17 Å². The maximum atomic E-state index is 12.5. The van der Waals surface area contributed by atoms with E-state index in [4.69, 9.17) is 0 Å². The molecular formula is C25H27N5O4S. The van der Waals surface area contributed by atoms with Gasteiger partial charge in [-0.3, -0.25) is 19.2 Å². The Hall–Kier alpha value is -3.66. The molecule has 2 aromatic carbocycles. The third-order valence-corrected chi connectivity index (χ3v) is 7.00. The van der Waals surface area contributed by atoms with Crippen LogP contribution in [0.1, 0.15) is 46.4 Å². The molecule has 0 radical (unpaired) electrons. The van der Waals surface area contributed by atoms with Gasteiger partial charge in [-0.05, 0) is 67.8 Å². The van der Waals surface area contributed by atoms with Crippen LogP contribution < -0.4 is 16.0 Å². The fourth-order valence-corrected chi connectivity index (χ4v) is 4.98. The molecule has 9 nitrogen and oxygen atoms in total. The molecule has 1 atom stereocenters. The Morgan fingerprint density at radius 3 is 2.06 bits per heavy atom. The first-order valence-corrected chi connectivity index (χ1v) is 12.4. The number of nitrogens with zero attached hydrogens (tertiary/aromatic N) is 2. The molecular weight excluding hydrogens is 466 g/mol. The number of rotatable bonds is 6. The average Bonchev–Trinajstić information content (AvgIpc) is 3.24. The van der Waals surface area contributed by atoms with E-state index in [1.807, 2.05) is 0 Å². The first-order valence-electron chi connectivity index (χ1n) is 11.5. The van der Waals surface area contributed by atoms with Crippen LogP contribution in [0.3, 0.4) is 0 Å². The second-order valence-electron chi connectivity index (χ2n) is 8.33. The summed E-state index contributed by atoms with van der Waals surface area (Å²) in [5, 5.41) is 8.32. The van der Waals surface area contributed by atoms with E-state index in [-0.39, 0.29) is 30.0 Å². The molecule has 0 aliphatic carbocycles. The summed E-state index contributed by atoms with van der Waals surface area (Å²) in [5.41, 5.74) is 2.01. The summed E-state index contributed by atoms with van der Waals surface area (Å²) in [7, 11) is 1.55. The van der Waals surface area contributed by atoms with Crippen molar-refractivity contribution in [3.63, 3.8) is 0 Å². The van der Waals surface area contributed by atoms with Gasteiger partial charge in [-0.2, -0.15) is 4.99 Å². The number of carbonyl (C=O) groups is 4. The Morgan fingerprint density at radius 1 is 0.886 bits per heavy atom. The number of anilines is 2. The second-order valence-corrected chi connectivity index (χ2v) is 9.50. The third-order valence-electron chi connectivity index (χ3n) is 5.79. The molecule has 2 heterocycles. The van der Waals surface area contributed by atoms with Crippen LogP contribution in [0.4, 0.5) is 11.4 Å². The summed E-state index contributed by atoms with van der Waals surface area (Å²) >= 11 is 1.37. The minimum Gasteiger partial charge on any atom is -0.355 e.